The highest BCUT2D eigenvalue weighted by Gasteiger charge is 2.17. The Morgan fingerprint density at radius 3 is 2.61 bits per heavy atom. The number of anilines is 1. The van der Waals surface area contributed by atoms with Crippen molar-refractivity contribution in [3.8, 4) is 5.75 Å². The van der Waals surface area contributed by atoms with E-state index < -0.39 is 0 Å². The summed E-state index contributed by atoms with van der Waals surface area (Å²) in [6.45, 7) is 6.23. The van der Waals surface area contributed by atoms with Crippen LogP contribution in [0.2, 0.25) is 0 Å². The molecule has 4 nitrogen and oxygen atoms in total. The van der Waals surface area contributed by atoms with E-state index in [-0.39, 0.29) is 11.9 Å². The van der Waals surface area contributed by atoms with Gasteiger partial charge in [0.05, 0.1) is 12.7 Å². The van der Waals surface area contributed by atoms with Crippen LogP contribution in [-0.4, -0.2) is 19.1 Å². The van der Waals surface area contributed by atoms with Crippen LogP contribution in [0.5, 0.6) is 5.75 Å². The van der Waals surface area contributed by atoms with E-state index in [0.29, 0.717) is 22.9 Å². The summed E-state index contributed by atoms with van der Waals surface area (Å²) in [4.78, 5) is 12.2. The lowest BCUT2D eigenvalue weighted by atomic mass is 10.0. The summed E-state index contributed by atoms with van der Waals surface area (Å²) in [7, 11) is 1.57. The zero-order valence-electron chi connectivity index (χ0n) is 11.5. The third-order valence-corrected chi connectivity index (χ3v) is 3.07. The fourth-order valence-corrected chi connectivity index (χ4v) is 1.85. The number of nitrogen functional groups attached to an aromatic ring is 1. The standard InChI is InChI=1S/C14H22N2O2/c1-5-13(9(2)3)16-14(17)11-8-10(18-4)6-7-12(11)15/h6-9,13H,5,15H2,1-4H3,(H,16,17). The van der Waals surface area contributed by atoms with Gasteiger partial charge in [-0.05, 0) is 30.5 Å². The molecular formula is C14H22N2O2. The van der Waals surface area contributed by atoms with E-state index in [2.05, 4.69) is 26.1 Å². The fourth-order valence-electron chi connectivity index (χ4n) is 1.85. The number of nitrogens with two attached hydrogens (primary N) is 1. The number of hydrogen-bond donors (Lipinski definition) is 2. The summed E-state index contributed by atoms with van der Waals surface area (Å²) in [6.07, 6.45) is 0.896. The van der Waals surface area contributed by atoms with Crippen LogP contribution in [0.15, 0.2) is 18.2 Å². The Bertz CT molecular complexity index is 416. The number of methoxy groups -OCH3 is 1. The zero-order valence-corrected chi connectivity index (χ0v) is 11.5. The van der Waals surface area contributed by atoms with Gasteiger partial charge in [-0.25, -0.2) is 0 Å². The number of rotatable bonds is 5. The number of carbonyl (C=O) groups is 1. The Morgan fingerprint density at radius 2 is 2.11 bits per heavy atom. The highest BCUT2D eigenvalue weighted by Crippen LogP contribution is 2.20. The molecule has 0 aliphatic heterocycles. The van der Waals surface area contributed by atoms with E-state index >= 15 is 0 Å². The average molecular weight is 250 g/mol. The summed E-state index contributed by atoms with van der Waals surface area (Å²) in [5.74, 6) is 0.879. The molecule has 0 aliphatic rings. The topological polar surface area (TPSA) is 64.3 Å². The molecule has 0 aliphatic carbocycles. The molecule has 3 N–H and O–H groups in total. The number of carbonyl (C=O) groups excluding carboxylic acids is 1. The number of nitrogens with one attached hydrogen (secondary N) is 1. The van der Waals surface area contributed by atoms with Crippen molar-refractivity contribution in [2.45, 2.75) is 33.2 Å². The van der Waals surface area contributed by atoms with Gasteiger partial charge in [0, 0.05) is 11.7 Å². The van der Waals surface area contributed by atoms with Crippen LogP contribution < -0.4 is 15.8 Å². The van der Waals surface area contributed by atoms with Gasteiger partial charge in [-0.3, -0.25) is 4.79 Å². The number of amides is 1. The number of hydrogen-bond acceptors (Lipinski definition) is 3. The lowest BCUT2D eigenvalue weighted by Crippen LogP contribution is -2.38. The largest absolute Gasteiger partial charge is 0.497 e. The van der Waals surface area contributed by atoms with Gasteiger partial charge in [-0.1, -0.05) is 20.8 Å². The van der Waals surface area contributed by atoms with Gasteiger partial charge >= 0.3 is 0 Å². The minimum atomic E-state index is -0.146. The fraction of sp³-hybridized carbons (Fsp3) is 0.500. The maximum absolute atomic E-state index is 12.2. The molecule has 0 heterocycles. The van der Waals surface area contributed by atoms with Gasteiger partial charge in [0.1, 0.15) is 5.75 Å². The quantitative estimate of drug-likeness (QED) is 0.789. The highest BCUT2D eigenvalue weighted by atomic mass is 16.5. The minimum absolute atomic E-state index is 0.146. The SMILES string of the molecule is CCC(NC(=O)c1cc(OC)ccc1N)C(C)C. The van der Waals surface area contributed by atoms with Gasteiger partial charge in [0.25, 0.3) is 5.91 Å². The molecular weight excluding hydrogens is 228 g/mol. The van der Waals surface area contributed by atoms with Crippen molar-refractivity contribution in [3.05, 3.63) is 23.8 Å². The van der Waals surface area contributed by atoms with Crippen LogP contribution in [-0.2, 0) is 0 Å². The van der Waals surface area contributed by atoms with E-state index in [1.807, 2.05) is 0 Å². The summed E-state index contributed by atoms with van der Waals surface area (Å²) in [6, 6.07) is 5.25. The van der Waals surface area contributed by atoms with Gasteiger partial charge in [0.15, 0.2) is 0 Å². The molecule has 0 fully saturated rings. The third kappa shape index (κ3) is 3.39. The molecule has 1 aromatic carbocycles. The van der Waals surface area contributed by atoms with Crippen molar-refractivity contribution >= 4 is 11.6 Å². The predicted molar refractivity (Wildman–Crippen MR) is 73.8 cm³/mol. The normalized spacial score (nSPS) is 12.3. The number of benzene rings is 1. The Kier molecular flexibility index (Phi) is 5.01. The minimum Gasteiger partial charge on any atom is -0.497 e. The first-order chi connectivity index (χ1) is 8.49. The van der Waals surface area contributed by atoms with Crippen LogP contribution >= 0.6 is 0 Å². The molecule has 1 rings (SSSR count). The Morgan fingerprint density at radius 1 is 1.44 bits per heavy atom. The van der Waals surface area contributed by atoms with Crippen molar-refractivity contribution in [1.82, 2.24) is 5.32 Å². The molecule has 0 saturated carbocycles. The van der Waals surface area contributed by atoms with Crippen molar-refractivity contribution < 1.29 is 9.53 Å². The smallest absolute Gasteiger partial charge is 0.253 e. The molecule has 0 spiro atoms. The van der Waals surface area contributed by atoms with E-state index in [1.54, 1.807) is 25.3 Å². The Hall–Kier alpha value is -1.71. The zero-order chi connectivity index (χ0) is 13.7. The molecule has 0 bridgehead atoms. The maximum atomic E-state index is 12.2. The van der Waals surface area contributed by atoms with Gasteiger partial charge in [-0.2, -0.15) is 0 Å². The summed E-state index contributed by atoms with van der Waals surface area (Å²) in [5, 5.41) is 3.00. The van der Waals surface area contributed by atoms with Crippen LogP contribution in [0.3, 0.4) is 0 Å². The molecule has 0 radical (unpaired) electrons. The molecule has 1 amide bonds. The highest BCUT2D eigenvalue weighted by molar-refractivity contribution is 5.99. The molecule has 100 valence electrons. The Balaban J connectivity index is 2.89. The van der Waals surface area contributed by atoms with Crippen LogP contribution in [0.1, 0.15) is 37.6 Å². The van der Waals surface area contributed by atoms with Crippen molar-refractivity contribution in [2.75, 3.05) is 12.8 Å². The summed E-state index contributed by atoms with van der Waals surface area (Å²) in [5.41, 5.74) is 6.75. The van der Waals surface area contributed by atoms with E-state index in [4.69, 9.17) is 10.5 Å². The van der Waals surface area contributed by atoms with E-state index in [0.717, 1.165) is 6.42 Å². The first-order valence-corrected chi connectivity index (χ1v) is 6.24. The van der Waals surface area contributed by atoms with Crippen molar-refractivity contribution in [2.24, 2.45) is 5.92 Å². The second-order valence-electron chi connectivity index (χ2n) is 4.69. The van der Waals surface area contributed by atoms with E-state index in [1.165, 1.54) is 0 Å². The van der Waals surface area contributed by atoms with Gasteiger partial charge in [-0.15, -0.1) is 0 Å². The van der Waals surface area contributed by atoms with Crippen LogP contribution in [0.25, 0.3) is 0 Å². The van der Waals surface area contributed by atoms with Gasteiger partial charge < -0.3 is 15.8 Å². The summed E-state index contributed by atoms with van der Waals surface area (Å²) < 4.78 is 5.10. The van der Waals surface area contributed by atoms with E-state index in [9.17, 15) is 4.79 Å². The van der Waals surface area contributed by atoms with Gasteiger partial charge in [0.2, 0.25) is 0 Å². The maximum Gasteiger partial charge on any atom is 0.253 e. The molecule has 1 unspecified atom stereocenters. The molecule has 4 heteroatoms. The lowest BCUT2D eigenvalue weighted by Gasteiger charge is -2.21. The molecule has 0 aromatic heterocycles. The molecule has 1 atom stereocenters. The van der Waals surface area contributed by atoms with Crippen molar-refractivity contribution in [3.63, 3.8) is 0 Å². The molecule has 18 heavy (non-hydrogen) atoms. The third-order valence-electron chi connectivity index (χ3n) is 3.07. The first kappa shape index (κ1) is 14.4. The Labute approximate surface area is 109 Å². The molecule has 0 saturated heterocycles. The monoisotopic (exact) mass is 250 g/mol. The second-order valence-corrected chi connectivity index (χ2v) is 4.69. The number of ether oxygens (including phenoxy) is 1. The van der Waals surface area contributed by atoms with Crippen LogP contribution in [0, 0.1) is 5.92 Å². The molecule has 1 aromatic rings. The van der Waals surface area contributed by atoms with Crippen molar-refractivity contribution in [1.29, 1.82) is 0 Å². The van der Waals surface area contributed by atoms with Crippen LogP contribution in [0.4, 0.5) is 5.69 Å². The summed E-state index contributed by atoms with van der Waals surface area (Å²) >= 11 is 0. The second kappa shape index (κ2) is 6.28. The lowest BCUT2D eigenvalue weighted by molar-refractivity contribution is 0.0925. The first-order valence-electron chi connectivity index (χ1n) is 6.24. The predicted octanol–water partition coefficient (Wildman–Crippen LogP) is 2.44. The average Bonchev–Trinajstić information content (AvgIpc) is 2.35.